The smallest absolute Gasteiger partial charge is 0.164 e. The molecule has 2 aromatic carbocycles. The van der Waals surface area contributed by atoms with Crippen LogP contribution in [0.4, 0.5) is 0 Å². The van der Waals surface area contributed by atoms with Gasteiger partial charge in [0.25, 0.3) is 0 Å². The van der Waals surface area contributed by atoms with Gasteiger partial charge in [0.2, 0.25) is 0 Å². The number of aromatic nitrogens is 3. The van der Waals surface area contributed by atoms with Gasteiger partial charge in [-0.05, 0) is 59.5 Å². The molecule has 0 spiro atoms. The molecule has 0 bridgehead atoms. The Balaban J connectivity index is 1.25. The summed E-state index contributed by atoms with van der Waals surface area (Å²) >= 11 is 1.97. The minimum absolute atomic E-state index is 0.230. The molecule has 264 valence electrons. The third kappa shape index (κ3) is 10.3. The second-order valence-electron chi connectivity index (χ2n) is 13.2. The van der Waals surface area contributed by atoms with E-state index in [1.807, 2.05) is 96.7 Å². The number of rotatable bonds is 15. The van der Waals surface area contributed by atoms with Gasteiger partial charge >= 0.3 is 0 Å². The molecule has 5 rings (SSSR count). The molecule has 2 aliphatic rings. The van der Waals surface area contributed by atoms with Crippen LogP contribution in [0.1, 0.15) is 45.4 Å². The Labute approximate surface area is 316 Å². The number of hydrogen-bond acceptors (Lipinski definition) is 4. The molecule has 1 aliphatic heterocycles. The number of thioether (sulfide) groups is 1. The molecule has 4 heteroatoms. The van der Waals surface area contributed by atoms with Crippen molar-refractivity contribution in [3.63, 3.8) is 0 Å². The molecule has 1 aromatic heterocycles. The Bertz CT molecular complexity index is 1860. The molecule has 1 fully saturated rings. The average Bonchev–Trinajstić information content (AvgIpc) is 3.36. The predicted molar refractivity (Wildman–Crippen MR) is 226 cm³/mol. The maximum absolute atomic E-state index is 4.81. The minimum atomic E-state index is 0.230. The molecule has 0 radical (unpaired) electrons. The van der Waals surface area contributed by atoms with Crippen molar-refractivity contribution in [2.45, 2.75) is 44.8 Å². The van der Waals surface area contributed by atoms with E-state index in [9.17, 15) is 0 Å². The van der Waals surface area contributed by atoms with Gasteiger partial charge in [0, 0.05) is 27.9 Å². The highest BCUT2D eigenvalue weighted by Crippen LogP contribution is 2.44. The van der Waals surface area contributed by atoms with E-state index >= 15 is 0 Å². The zero-order valence-electron chi connectivity index (χ0n) is 30.6. The van der Waals surface area contributed by atoms with Gasteiger partial charge in [-0.2, -0.15) is 0 Å². The lowest BCUT2D eigenvalue weighted by molar-refractivity contribution is 0.399. The van der Waals surface area contributed by atoms with Gasteiger partial charge in [-0.25, -0.2) is 15.0 Å². The van der Waals surface area contributed by atoms with Crippen LogP contribution in [-0.2, 0) is 0 Å². The lowest BCUT2D eigenvalue weighted by atomic mass is 9.78. The van der Waals surface area contributed by atoms with Crippen LogP contribution in [0.3, 0.4) is 0 Å². The summed E-state index contributed by atoms with van der Waals surface area (Å²) in [4.78, 5) is 15.8. The molecule has 52 heavy (non-hydrogen) atoms. The van der Waals surface area contributed by atoms with Crippen molar-refractivity contribution in [1.82, 2.24) is 15.0 Å². The number of allylic oxidation sites excluding steroid dienone is 18. The summed E-state index contributed by atoms with van der Waals surface area (Å²) in [5.74, 6) is 3.27. The molecule has 1 aliphatic carbocycles. The van der Waals surface area contributed by atoms with Crippen molar-refractivity contribution < 1.29 is 0 Å². The first-order valence-electron chi connectivity index (χ1n) is 18.3. The summed E-state index contributed by atoms with van der Waals surface area (Å²) in [7, 11) is 0. The van der Waals surface area contributed by atoms with Crippen LogP contribution >= 0.6 is 11.8 Å². The molecular weight excluding hydrogens is 651 g/mol. The molecule has 5 atom stereocenters. The second kappa shape index (κ2) is 19.5. The molecule has 0 N–H and O–H groups in total. The maximum Gasteiger partial charge on any atom is 0.164 e. The van der Waals surface area contributed by atoms with Crippen LogP contribution in [0, 0.1) is 23.7 Å². The van der Waals surface area contributed by atoms with Gasteiger partial charge in [-0.3, -0.25) is 0 Å². The first-order valence-corrected chi connectivity index (χ1v) is 19.2. The van der Waals surface area contributed by atoms with Gasteiger partial charge in [-0.1, -0.05) is 173 Å². The molecule has 3 aromatic rings. The largest absolute Gasteiger partial charge is 0.208 e. The van der Waals surface area contributed by atoms with Gasteiger partial charge in [0.1, 0.15) is 0 Å². The normalized spacial score (nSPS) is 21.3. The van der Waals surface area contributed by atoms with Crippen LogP contribution in [0.5, 0.6) is 0 Å². The van der Waals surface area contributed by atoms with Crippen LogP contribution in [0.25, 0.3) is 28.3 Å². The average molecular weight is 702 g/mol. The minimum Gasteiger partial charge on any atom is -0.208 e. The fourth-order valence-electron chi connectivity index (χ4n) is 6.80. The fourth-order valence-corrected chi connectivity index (χ4v) is 8.08. The number of nitrogens with zero attached hydrogens (tertiary/aromatic N) is 3. The Morgan fingerprint density at radius 2 is 1.58 bits per heavy atom. The van der Waals surface area contributed by atoms with E-state index in [0.29, 0.717) is 40.5 Å². The molecule has 0 saturated carbocycles. The molecule has 2 heterocycles. The SMILES string of the molecule is C=C/C=C\C=C\[C@H](C=C)[C@@H](C=C)C1C=CC=C(/C(=C/C2C/C(=C\C=C/C(=C)c3nc(-c4ccccc4)nc(-c4ccccc4)n3)SC2C)CC)CC1. The van der Waals surface area contributed by atoms with E-state index in [2.05, 4.69) is 94.8 Å². The maximum atomic E-state index is 4.81. The summed E-state index contributed by atoms with van der Waals surface area (Å²) in [6.07, 6.45) is 34.3. The van der Waals surface area contributed by atoms with Crippen LogP contribution in [-0.4, -0.2) is 20.2 Å². The van der Waals surface area contributed by atoms with E-state index in [1.54, 1.807) is 6.08 Å². The lowest BCUT2D eigenvalue weighted by Crippen LogP contribution is -2.18. The standard InChI is InChI=1S/C48H51N3S/c1-7-11-12-15-23-37(8-2)45(10-4)40-29-21-28-39(31-32-40)38(9-3)33-43-34-44(52-36(43)6)30-20-22-35(5)46-49-47(41-24-16-13-17-25-41)51-48(50-46)42-26-18-14-19-27-42/h7-8,10-30,33,36-37,40,43,45H,1-2,4-5,9,31-32,34H2,3,6H3/b12-11-,22-20-,23-15+,38-33+,44-30+/t36?,37-,40?,43?,45+/m0/s1. The zero-order chi connectivity index (χ0) is 36.7. The summed E-state index contributed by atoms with van der Waals surface area (Å²) in [6, 6.07) is 20.1. The predicted octanol–water partition coefficient (Wildman–Crippen LogP) is 12.9. The monoisotopic (exact) mass is 701 g/mol. The Kier molecular flexibility index (Phi) is 14.3. The van der Waals surface area contributed by atoms with Crippen molar-refractivity contribution >= 4 is 17.3 Å². The lowest BCUT2D eigenvalue weighted by Gasteiger charge is -2.26. The topological polar surface area (TPSA) is 38.7 Å². The van der Waals surface area contributed by atoms with Crippen LogP contribution in [0.15, 0.2) is 188 Å². The highest BCUT2D eigenvalue weighted by Gasteiger charge is 2.27. The van der Waals surface area contributed by atoms with Crippen molar-refractivity contribution in [3.05, 3.63) is 194 Å². The Hall–Kier alpha value is -5.06. The molecule has 3 unspecified atom stereocenters. The van der Waals surface area contributed by atoms with Gasteiger partial charge in [-0.15, -0.1) is 24.9 Å². The zero-order valence-corrected chi connectivity index (χ0v) is 31.5. The highest BCUT2D eigenvalue weighted by molar-refractivity contribution is 8.03. The number of hydrogen-bond donors (Lipinski definition) is 0. The van der Waals surface area contributed by atoms with E-state index in [-0.39, 0.29) is 5.92 Å². The van der Waals surface area contributed by atoms with E-state index in [1.165, 1.54) is 16.1 Å². The number of benzene rings is 2. The molecule has 1 saturated heterocycles. The van der Waals surface area contributed by atoms with Crippen molar-refractivity contribution in [3.8, 4) is 22.8 Å². The molecule has 3 nitrogen and oxygen atoms in total. The van der Waals surface area contributed by atoms with Crippen LogP contribution < -0.4 is 0 Å². The summed E-state index contributed by atoms with van der Waals surface area (Å²) in [6.45, 7) is 21.1. The van der Waals surface area contributed by atoms with Gasteiger partial charge < -0.3 is 0 Å². The quantitative estimate of drug-likeness (QED) is 0.117. The third-order valence-corrected chi connectivity index (χ3v) is 11.1. The van der Waals surface area contributed by atoms with Gasteiger partial charge in [0.05, 0.1) is 0 Å². The van der Waals surface area contributed by atoms with Crippen LogP contribution in [0.2, 0.25) is 0 Å². The van der Waals surface area contributed by atoms with Crippen molar-refractivity contribution in [2.75, 3.05) is 0 Å². The van der Waals surface area contributed by atoms with E-state index in [0.717, 1.165) is 42.4 Å². The van der Waals surface area contributed by atoms with Gasteiger partial charge in [0.15, 0.2) is 17.5 Å². The van der Waals surface area contributed by atoms with Crippen molar-refractivity contribution in [2.24, 2.45) is 23.7 Å². The second-order valence-corrected chi connectivity index (χ2v) is 14.7. The highest BCUT2D eigenvalue weighted by atomic mass is 32.2. The third-order valence-electron chi connectivity index (χ3n) is 9.73. The fraction of sp³-hybridized carbons (Fsp3) is 0.229. The van der Waals surface area contributed by atoms with E-state index in [4.69, 9.17) is 15.0 Å². The summed E-state index contributed by atoms with van der Waals surface area (Å²) in [5, 5.41) is 0.505. The van der Waals surface area contributed by atoms with Crippen molar-refractivity contribution in [1.29, 1.82) is 0 Å². The molecular formula is C48H51N3S. The first-order chi connectivity index (χ1) is 25.4. The first kappa shape index (κ1) is 38.2. The summed E-state index contributed by atoms with van der Waals surface area (Å²) < 4.78 is 0. The van der Waals surface area contributed by atoms with E-state index < -0.39 is 0 Å². The summed E-state index contributed by atoms with van der Waals surface area (Å²) in [5.41, 5.74) is 5.57. The Morgan fingerprint density at radius 1 is 0.885 bits per heavy atom. The Morgan fingerprint density at radius 3 is 2.19 bits per heavy atom. The molecule has 0 amide bonds.